The van der Waals surface area contributed by atoms with Crippen LogP contribution in [0.2, 0.25) is 0 Å². The van der Waals surface area contributed by atoms with Crippen LogP contribution in [0.1, 0.15) is 28.3 Å². The minimum atomic E-state index is -0.253. The molecule has 21 heavy (non-hydrogen) atoms. The Balaban J connectivity index is 2.50. The molecule has 0 amide bonds. The normalized spacial score (nSPS) is 12.3. The predicted molar refractivity (Wildman–Crippen MR) is 87.5 cm³/mol. The first-order valence-electron chi connectivity index (χ1n) is 6.75. The van der Waals surface area contributed by atoms with E-state index in [2.05, 4.69) is 34.2 Å². The molecule has 1 N–H and O–H groups in total. The second-order valence-electron chi connectivity index (χ2n) is 5.07. The number of aryl methyl sites for hydroxylation is 2. The highest BCUT2D eigenvalue weighted by molar-refractivity contribution is 9.10. The zero-order valence-electron chi connectivity index (χ0n) is 12.6. The average Bonchev–Trinajstić information content (AvgIpc) is 2.46. The highest BCUT2D eigenvalue weighted by Gasteiger charge is 2.17. The van der Waals surface area contributed by atoms with Crippen molar-refractivity contribution in [3.8, 4) is 5.75 Å². The Morgan fingerprint density at radius 1 is 1.14 bits per heavy atom. The van der Waals surface area contributed by atoms with E-state index in [9.17, 15) is 4.39 Å². The lowest BCUT2D eigenvalue weighted by Gasteiger charge is -2.21. The zero-order valence-corrected chi connectivity index (χ0v) is 14.2. The van der Waals surface area contributed by atoms with E-state index in [1.54, 1.807) is 13.2 Å². The third-order valence-electron chi connectivity index (χ3n) is 3.66. The van der Waals surface area contributed by atoms with E-state index >= 15 is 0 Å². The second-order valence-corrected chi connectivity index (χ2v) is 5.93. The van der Waals surface area contributed by atoms with Crippen molar-refractivity contribution in [2.75, 3.05) is 14.2 Å². The number of benzene rings is 2. The van der Waals surface area contributed by atoms with Crippen LogP contribution in [0, 0.1) is 19.7 Å². The van der Waals surface area contributed by atoms with Crippen LogP contribution in [0.4, 0.5) is 4.39 Å². The summed E-state index contributed by atoms with van der Waals surface area (Å²) in [6.07, 6.45) is 0. The van der Waals surface area contributed by atoms with Crippen LogP contribution in [-0.2, 0) is 0 Å². The van der Waals surface area contributed by atoms with Crippen LogP contribution in [0.5, 0.6) is 5.75 Å². The van der Waals surface area contributed by atoms with Crippen LogP contribution in [-0.4, -0.2) is 14.2 Å². The molecule has 0 saturated heterocycles. The number of methoxy groups -OCH3 is 1. The SMILES string of the molecule is CNC(c1ccc(F)c(Br)c1)c1cc(C)c(OC)cc1C. The fourth-order valence-corrected chi connectivity index (χ4v) is 2.93. The molecule has 0 fully saturated rings. The van der Waals surface area contributed by atoms with Gasteiger partial charge in [0.05, 0.1) is 17.6 Å². The largest absolute Gasteiger partial charge is 0.496 e. The molecule has 0 radical (unpaired) electrons. The number of rotatable bonds is 4. The molecule has 2 aromatic carbocycles. The fraction of sp³-hybridized carbons (Fsp3) is 0.294. The van der Waals surface area contributed by atoms with Crippen molar-refractivity contribution < 1.29 is 9.13 Å². The molecule has 0 aliphatic carbocycles. The molecule has 112 valence electrons. The third kappa shape index (κ3) is 3.27. The Labute approximate surface area is 133 Å². The average molecular weight is 352 g/mol. The highest BCUT2D eigenvalue weighted by atomic mass is 79.9. The smallest absolute Gasteiger partial charge is 0.137 e. The standard InChI is InChI=1S/C17H19BrFNO/c1-10-8-16(21-4)11(2)7-13(10)17(20-3)12-5-6-15(19)14(18)9-12/h5-9,17,20H,1-4H3. The lowest BCUT2D eigenvalue weighted by Crippen LogP contribution is -2.19. The number of halogens is 2. The lowest BCUT2D eigenvalue weighted by atomic mass is 9.93. The van der Waals surface area contributed by atoms with Gasteiger partial charge in [0.2, 0.25) is 0 Å². The van der Waals surface area contributed by atoms with E-state index in [4.69, 9.17) is 4.74 Å². The van der Waals surface area contributed by atoms with Crippen molar-refractivity contribution in [2.45, 2.75) is 19.9 Å². The summed E-state index contributed by atoms with van der Waals surface area (Å²) in [5.74, 6) is 0.627. The maximum absolute atomic E-state index is 13.4. The summed E-state index contributed by atoms with van der Waals surface area (Å²) >= 11 is 3.25. The van der Waals surface area contributed by atoms with E-state index in [1.165, 1.54) is 6.07 Å². The maximum atomic E-state index is 13.4. The lowest BCUT2D eigenvalue weighted by molar-refractivity contribution is 0.411. The molecule has 4 heteroatoms. The third-order valence-corrected chi connectivity index (χ3v) is 4.27. The zero-order chi connectivity index (χ0) is 15.6. The predicted octanol–water partition coefficient (Wildman–Crippen LogP) is 4.52. The molecule has 0 aromatic heterocycles. The van der Waals surface area contributed by atoms with E-state index in [1.807, 2.05) is 26.1 Å². The summed E-state index contributed by atoms with van der Waals surface area (Å²) in [5.41, 5.74) is 4.39. The molecule has 0 aliphatic heterocycles. The number of ether oxygens (including phenoxy) is 1. The van der Waals surface area contributed by atoms with Crippen LogP contribution in [0.15, 0.2) is 34.8 Å². The Kier molecular flexibility index (Phi) is 5.01. The molecule has 0 spiro atoms. The Morgan fingerprint density at radius 3 is 2.43 bits per heavy atom. The van der Waals surface area contributed by atoms with Crippen molar-refractivity contribution in [1.29, 1.82) is 0 Å². The van der Waals surface area contributed by atoms with Gasteiger partial charge in [-0.25, -0.2) is 4.39 Å². The fourth-order valence-electron chi connectivity index (χ4n) is 2.54. The van der Waals surface area contributed by atoms with Crippen LogP contribution < -0.4 is 10.1 Å². The molecule has 0 bridgehead atoms. The molecule has 1 unspecified atom stereocenters. The van der Waals surface area contributed by atoms with Crippen molar-refractivity contribution in [3.63, 3.8) is 0 Å². The molecule has 2 nitrogen and oxygen atoms in total. The van der Waals surface area contributed by atoms with Crippen molar-refractivity contribution >= 4 is 15.9 Å². The summed E-state index contributed by atoms with van der Waals surface area (Å²) in [5, 5.41) is 3.30. The second kappa shape index (κ2) is 6.58. The minimum Gasteiger partial charge on any atom is -0.496 e. The van der Waals surface area contributed by atoms with Crippen molar-refractivity contribution in [2.24, 2.45) is 0 Å². The summed E-state index contributed by atoms with van der Waals surface area (Å²) in [6.45, 7) is 4.08. The molecular weight excluding hydrogens is 333 g/mol. The number of hydrogen-bond acceptors (Lipinski definition) is 2. The summed E-state index contributed by atoms with van der Waals surface area (Å²) in [4.78, 5) is 0. The van der Waals surface area contributed by atoms with E-state index < -0.39 is 0 Å². The van der Waals surface area contributed by atoms with E-state index in [0.29, 0.717) is 4.47 Å². The first kappa shape index (κ1) is 16.0. The Bertz CT molecular complexity index is 657. The molecule has 0 heterocycles. The van der Waals surface area contributed by atoms with Gasteiger partial charge in [0, 0.05) is 0 Å². The van der Waals surface area contributed by atoms with E-state index in [-0.39, 0.29) is 11.9 Å². The Morgan fingerprint density at radius 2 is 1.86 bits per heavy atom. The molecule has 2 aromatic rings. The quantitative estimate of drug-likeness (QED) is 0.873. The van der Waals surface area contributed by atoms with Gasteiger partial charge in [0.25, 0.3) is 0 Å². The van der Waals surface area contributed by atoms with Crippen molar-refractivity contribution in [1.82, 2.24) is 5.32 Å². The van der Waals surface area contributed by atoms with Gasteiger partial charge in [-0.15, -0.1) is 0 Å². The topological polar surface area (TPSA) is 21.3 Å². The first-order chi connectivity index (χ1) is 9.97. The van der Waals surface area contributed by atoms with Gasteiger partial charge in [-0.05, 0) is 77.3 Å². The monoisotopic (exact) mass is 351 g/mol. The van der Waals surface area contributed by atoms with Crippen molar-refractivity contribution in [3.05, 3.63) is 62.9 Å². The first-order valence-corrected chi connectivity index (χ1v) is 7.54. The Hall–Kier alpha value is -1.39. The molecule has 2 rings (SSSR count). The van der Waals surface area contributed by atoms with Gasteiger partial charge in [-0.1, -0.05) is 12.1 Å². The molecule has 0 aliphatic rings. The molecular formula is C17H19BrFNO. The number of nitrogens with one attached hydrogen (secondary N) is 1. The van der Waals surface area contributed by atoms with Crippen LogP contribution in [0.25, 0.3) is 0 Å². The van der Waals surface area contributed by atoms with Gasteiger partial charge < -0.3 is 10.1 Å². The van der Waals surface area contributed by atoms with E-state index in [0.717, 1.165) is 28.0 Å². The van der Waals surface area contributed by atoms with Gasteiger partial charge in [0.1, 0.15) is 11.6 Å². The minimum absolute atomic E-state index is 0.00602. The van der Waals surface area contributed by atoms with Gasteiger partial charge in [0.15, 0.2) is 0 Å². The molecule has 1 atom stereocenters. The van der Waals surface area contributed by atoms with Gasteiger partial charge in [-0.3, -0.25) is 0 Å². The summed E-state index contributed by atoms with van der Waals surface area (Å²) < 4.78 is 19.3. The summed E-state index contributed by atoms with van der Waals surface area (Å²) in [7, 11) is 3.58. The summed E-state index contributed by atoms with van der Waals surface area (Å²) in [6, 6.07) is 9.26. The maximum Gasteiger partial charge on any atom is 0.137 e. The molecule has 0 saturated carbocycles. The van der Waals surface area contributed by atoms with Gasteiger partial charge >= 0.3 is 0 Å². The van der Waals surface area contributed by atoms with Crippen LogP contribution >= 0.6 is 15.9 Å². The number of hydrogen-bond donors (Lipinski definition) is 1. The van der Waals surface area contributed by atoms with Crippen LogP contribution in [0.3, 0.4) is 0 Å². The van der Waals surface area contributed by atoms with Gasteiger partial charge in [-0.2, -0.15) is 0 Å². The highest BCUT2D eigenvalue weighted by Crippen LogP contribution is 2.31.